The number of fused-ring (bicyclic) bond motifs is 1. The van der Waals surface area contributed by atoms with E-state index in [0.29, 0.717) is 12.4 Å². The van der Waals surface area contributed by atoms with Gasteiger partial charge in [0.15, 0.2) is 0 Å². The Morgan fingerprint density at radius 1 is 1.31 bits per heavy atom. The summed E-state index contributed by atoms with van der Waals surface area (Å²) in [6.07, 6.45) is 3.94. The molecule has 8 heteroatoms. The van der Waals surface area contributed by atoms with Crippen molar-refractivity contribution in [1.29, 1.82) is 0 Å². The van der Waals surface area contributed by atoms with E-state index in [4.69, 9.17) is 9.47 Å². The predicted octanol–water partition coefficient (Wildman–Crippen LogP) is 2.08. The smallest absolute Gasteiger partial charge is 0.262 e. The van der Waals surface area contributed by atoms with E-state index in [0.717, 1.165) is 34.7 Å². The maximum absolute atomic E-state index is 12.1. The van der Waals surface area contributed by atoms with Gasteiger partial charge in [-0.25, -0.2) is 0 Å². The van der Waals surface area contributed by atoms with Crippen molar-refractivity contribution in [3.05, 3.63) is 46.8 Å². The minimum absolute atomic E-state index is 0.0263. The van der Waals surface area contributed by atoms with Crippen molar-refractivity contribution in [2.75, 3.05) is 6.61 Å². The minimum atomic E-state index is -0.455. The number of hydrogen-bond donors (Lipinski definition) is 2. The molecule has 0 unspecified atom stereocenters. The number of nitrogens with one attached hydrogen (secondary N) is 2. The molecular formula is C21H26N4O4. The van der Waals surface area contributed by atoms with Gasteiger partial charge in [0.2, 0.25) is 0 Å². The van der Waals surface area contributed by atoms with Gasteiger partial charge in [-0.15, -0.1) is 0 Å². The molecule has 0 fully saturated rings. The van der Waals surface area contributed by atoms with Gasteiger partial charge in [-0.3, -0.25) is 25.1 Å². The van der Waals surface area contributed by atoms with Crippen molar-refractivity contribution in [1.82, 2.24) is 20.6 Å². The number of hydrogen-bond acceptors (Lipinski definition) is 5. The molecule has 1 aromatic carbocycles. The van der Waals surface area contributed by atoms with Gasteiger partial charge < -0.3 is 9.47 Å². The summed E-state index contributed by atoms with van der Waals surface area (Å²) in [6.45, 7) is 8.19. The van der Waals surface area contributed by atoms with E-state index >= 15 is 0 Å². The van der Waals surface area contributed by atoms with Crippen LogP contribution in [0.25, 0.3) is 6.08 Å². The first kappa shape index (κ1) is 20.4. The number of aryl methyl sites for hydroxylation is 2. The topological polar surface area (TPSA) is 94.5 Å². The van der Waals surface area contributed by atoms with E-state index in [9.17, 15) is 9.59 Å². The molecule has 1 aromatic heterocycles. The molecule has 2 heterocycles. The van der Waals surface area contributed by atoms with Crippen molar-refractivity contribution >= 4 is 17.9 Å². The largest absolute Gasteiger partial charge is 0.493 e. The summed E-state index contributed by atoms with van der Waals surface area (Å²) in [7, 11) is 0. The number of benzene rings is 1. The van der Waals surface area contributed by atoms with Crippen LogP contribution in [-0.2, 0) is 22.6 Å². The Morgan fingerprint density at radius 2 is 2.10 bits per heavy atom. The Hall–Kier alpha value is -3.29. The average molecular weight is 398 g/mol. The monoisotopic (exact) mass is 398 g/mol. The summed E-state index contributed by atoms with van der Waals surface area (Å²) < 4.78 is 13.0. The minimum Gasteiger partial charge on any atom is -0.493 e. The number of carbonyl (C=O) groups is 2. The van der Waals surface area contributed by atoms with E-state index in [2.05, 4.69) is 16.0 Å². The first-order chi connectivity index (χ1) is 13.9. The molecule has 154 valence electrons. The van der Waals surface area contributed by atoms with Crippen LogP contribution in [0, 0.1) is 13.8 Å². The third-order valence-electron chi connectivity index (χ3n) is 4.46. The third-order valence-corrected chi connectivity index (χ3v) is 4.46. The van der Waals surface area contributed by atoms with Gasteiger partial charge in [0, 0.05) is 29.3 Å². The van der Waals surface area contributed by atoms with Gasteiger partial charge in [0.1, 0.15) is 24.1 Å². The molecule has 0 bridgehead atoms. The maximum atomic E-state index is 12.1. The standard InChI is InChI=1S/C21H26N4O4/c1-5-28-18-11-17-9-15(4)29-19(17)10-16(18)6-7-20(26)22-23-21(27)12-25-14(3)8-13(2)24-25/h6-8,10-11,15H,5,9,12H2,1-4H3,(H,22,26)(H,23,27)/b7-6+/t15-/m1/s1. The summed E-state index contributed by atoms with van der Waals surface area (Å²) in [6, 6.07) is 5.71. The molecule has 1 aliphatic rings. The molecule has 8 nitrogen and oxygen atoms in total. The fourth-order valence-corrected chi connectivity index (χ4v) is 3.21. The van der Waals surface area contributed by atoms with Gasteiger partial charge in [0.25, 0.3) is 11.8 Å². The molecule has 2 aromatic rings. The number of nitrogens with zero attached hydrogens (tertiary/aromatic N) is 2. The zero-order valence-corrected chi connectivity index (χ0v) is 17.1. The highest BCUT2D eigenvalue weighted by molar-refractivity contribution is 5.93. The SMILES string of the molecule is CCOc1cc2c(cc1/C=C/C(=O)NNC(=O)Cn1nc(C)cc1C)O[C@H](C)C2. The molecule has 1 atom stereocenters. The van der Waals surface area contributed by atoms with Crippen LogP contribution in [0.5, 0.6) is 11.5 Å². The van der Waals surface area contributed by atoms with Crippen molar-refractivity contribution in [3.63, 3.8) is 0 Å². The number of carbonyl (C=O) groups excluding carboxylic acids is 2. The molecule has 29 heavy (non-hydrogen) atoms. The van der Waals surface area contributed by atoms with Crippen molar-refractivity contribution in [3.8, 4) is 11.5 Å². The second kappa shape index (κ2) is 8.81. The van der Waals surface area contributed by atoms with Crippen LogP contribution in [0.1, 0.15) is 36.4 Å². The summed E-state index contributed by atoms with van der Waals surface area (Å²) in [5.74, 6) is 0.678. The van der Waals surface area contributed by atoms with E-state index < -0.39 is 5.91 Å². The summed E-state index contributed by atoms with van der Waals surface area (Å²) >= 11 is 0. The maximum Gasteiger partial charge on any atom is 0.262 e. The second-order valence-corrected chi connectivity index (χ2v) is 7.02. The van der Waals surface area contributed by atoms with Crippen LogP contribution in [0.3, 0.4) is 0 Å². The fourth-order valence-electron chi connectivity index (χ4n) is 3.21. The van der Waals surface area contributed by atoms with Crippen molar-refractivity contribution in [2.24, 2.45) is 0 Å². The van der Waals surface area contributed by atoms with Gasteiger partial charge >= 0.3 is 0 Å². The van der Waals surface area contributed by atoms with E-state index in [1.165, 1.54) is 6.08 Å². The normalized spacial score (nSPS) is 15.1. The van der Waals surface area contributed by atoms with Gasteiger partial charge in [-0.05, 0) is 52.0 Å². The van der Waals surface area contributed by atoms with Crippen LogP contribution < -0.4 is 20.3 Å². The first-order valence-electron chi connectivity index (χ1n) is 9.60. The van der Waals surface area contributed by atoms with Crippen LogP contribution in [0.4, 0.5) is 0 Å². The number of aromatic nitrogens is 2. The lowest BCUT2D eigenvalue weighted by Gasteiger charge is -2.10. The Kier molecular flexibility index (Phi) is 6.21. The Labute approximate surface area is 169 Å². The number of hydrazine groups is 1. The quantitative estimate of drug-likeness (QED) is 0.574. The number of rotatable bonds is 6. The highest BCUT2D eigenvalue weighted by Crippen LogP contribution is 2.35. The third kappa shape index (κ3) is 5.16. The van der Waals surface area contributed by atoms with Crippen molar-refractivity contribution in [2.45, 2.75) is 46.8 Å². The molecule has 0 spiro atoms. The van der Waals surface area contributed by atoms with E-state index in [1.54, 1.807) is 10.8 Å². The average Bonchev–Trinajstić information content (AvgIpc) is 3.17. The highest BCUT2D eigenvalue weighted by atomic mass is 16.5. The molecule has 2 N–H and O–H groups in total. The Balaban J connectivity index is 1.59. The molecule has 0 aliphatic carbocycles. The van der Waals surface area contributed by atoms with Crippen molar-refractivity contribution < 1.29 is 19.1 Å². The van der Waals surface area contributed by atoms with Crippen LogP contribution in [-0.4, -0.2) is 34.3 Å². The van der Waals surface area contributed by atoms with E-state index in [-0.39, 0.29) is 18.6 Å². The molecule has 3 rings (SSSR count). The predicted molar refractivity (Wildman–Crippen MR) is 108 cm³/mol. The molecule has 0 saturated heterocycles. The summed E-state index contributed by atoms with van der Waals surface area (Å²) in [4.78, 5) is 24.1. The van der Waals surface area contributed by atoms with Crippen LogP contribution >= 0.6 is 0 Å². The van der Waals surface area contributed by atoms with Gasteiger partial charge in [0.05, 0.1) is 12.3 Å². The summed E-state index contributed by atoms with van der Waals surface area (Å²) in [5.41, 5.74) is 8.30. The lowest BCUT2D eigenvalue weighted by atomic mass is 10.1. The molecule has 0 saturated carbocycles. The van der Waals surface area contributed by atoms with Crippen LogP contribution in [0.2, 0.25) is 0 Å². The zero-order valence-electron chi connectivity index (χ0n) is 17.1. The van der Waals surface area contributed by atoms with Gasteiger partial charge in [-0.1, -0.05) is 0 Å². The number of ether oxygens (including phenoxy) is 2. The molecular weight excluding hydrogens is 372 g/mol. The first-order valence-corrected chi connectivity index (χ1v) is 9.60. The number of amides is 2. The molecule has 1 aliphatic heterocycles. The molecule has 0 radical (unpaired) electrons. The lowest BCUT2D eigenvalue weighted by Crippen LogP contribution is -2.42. The van der Waals surface area contributed by atoms with E-state index in [1.807, 2.05) is 45.9 Å². The summed E-state index contributed by atoms with van der Waals surface area (Å²) in [5, 5.41) is 4.22. The lowest BCUT2D eigenvalue weighted by molar-refractivity contribution is -0.127. The fraction of sp³-hybridized carbons (Fsp3) is 0.381. The zero-order chi connectivity index (χ0) is 21.0. The molecule has 2 amide bonds. The second-order valence-electron chi connectivity index (χ2n) is 7.02. The van der Waals surface area contributed by atoms with Crippen LogP contribution in [0.15, 0.2) is 24.3 Å². The Bertz CT molecular complexity index is 948. The van der Waals surface area contributed by atoms with Gasteiger partial charge in [-0.2, -0.15) is 5.10 Å². The highest BCUT2D eigenvalue weighted by Gasteiger charge is 2.21. The Morgan fingerprint density at radius 3 is 2.79 bits per heavy atom.